The number of nitrogens with one attached hydrogen (secondary N) is 1. The molecule has 3 aromatic heterocycles. The third-order valence-electron chi connectivity index (χ3n) is 5.11. The van der Waals surface area contributed by atoms with E-state index in [-0.39, 0.29) is 0 Å². The molecule has 0 fully saturated rings. The molecule has 0 spiro atoms. The molecule has 4 heteroatoms. The fourth-order valence-corrected chi connectivity index (χ4v) is 3.73. The number of aromatic amines is 1. The zero-order valence-corrected chi connectivity index (χ0v) is 15.5. The Kier molecular flexibility index (Phi) is 4.30. The van der Waals surface area contributed by atoms with Gasteiger partial charge in [-0.25, -0.2) is 9.97 Å². The summed E-state index contributed by atoms with van der Waals surface area (Å²) in [6, 6.07) is 22.5. The van der Waals surface area contributed by atoms with Crippen molar-refractivity contribution in [3.8, 4) is 11.5 Å². The van der Waals surface area contributed by atoms with Crippen LogP contribution in [0, 0.1) is 0 Å². The maximum atomic E-state index is 4.87. The highest BCUT2D eigenvalue weighted by Crippen LogP contribution is 2.23. The van der Waals surface area contributed by atoms with Crippen LogP contribution in [-0.2, 0) is 12.8 Å². The zero-order valence-electron chi connectivity index (χ0n) is 15.5. The molecule has 0 saturated carbocycles. The molecule has 0 saturated heterocycles. The summed E-state index contributed by atoms with van der Waals surface area (Å²) < 4.78 is 0. The van der Waals surface area contributed by atoms with Crippen molar-refractivity contribution in [2.45, 2.75) is 19.3 Å². The van der Waals surface area contributed by atoms with Crippen molar-refractivity contribution >= 4 is 21.8 Å². The lowest BCUT2D eigenvalue weighted by atomic mass is 10.0. The van der Waals surface area contributed by atoms with Crippen LogP contribution in [0.25, 0.3) is 33.3 Å². The van der Waals surface area contributed by atoms with Crippen LogP contribution in [0.4, 0.5) is 0 Å². The average Bonchev–Trinajstić information content (AvgIpc) is 3.17. The summed E-state index contributed by atoms with van der Waals surface area (Å²) in [4.78, 5) is 17.4. The van der Waals surface area contributed by atoms with Gasteiger partial charge in [-0.15, -0.1) is 0 Å². The van der Waals surface area contributed by atoms with Crippen LogP contribution < -0.4 is 0 Å². The summed E-state index contributed by atoms with van der Waals surface area (Å²) >= 11 is 0. The molecule has 0 radical (unpaired) electrons. The van der Waals surface area contributed by atoms with Gasteiger partial charge in [0.25, 0.3) is 0 Å². The summed E-state index contributed by atoms with van der Waals surface area (Å²) in [6.45, 7) is 0. The van der Waals surface area contributed by atoms with Gasteiger partial charge in [0.1, 0.15) is 5.69 Å². The Morgan fingerprint density at radius 2 is 1.57 bits per heavy atom. The first-order chi connectivity index (χ1) is 13.9. The molecule has 5 aromatic rings. The highest BCUT2D eigenvalue weighted by atomic mass is 14.9. The smallest absolute Gasteiger partial charge is 0.178 e. The summed E-state index contributed by atoms with van der Waals surface area (Å²) in [7, 11) is 0. The van der Waals surface area contributed by atoms with Crippen LogP contribution in [0.15, 0.2) is 79.1 Å². The lowest BCUT2D eigenvalue weighted by Crippen LogP contribution is -2.00. The van der Waals surface area contributed by atoms with Crippen molar-refractivity contribution in [2.75, 3.05) is 0 Å². The molecule has 4 nitrogen and oxygen atoms in total. The van der Waals surface area contributed by atoms with Crippen molar-refractivity contribution < 1.29 is 0 Å². The highest BCUT2D eigenvalue weighted by molar-refractivity contribution is 5.83. The number of para-hydroxylation sites is 2. The topological polar surface area (TPSA) is 54.5 Å². The minimum Gasteiger partial charge on any atom is -0.361 e. The molecule has 5 rings (SSSR count). The number of hydrogen-bond acceptors (Lipinski definition) is 3. The largest absolute Gasteiger partial charge is 0.361 e. The Morgan fingerprint density at radius 3 is 2.46 bits per heavy atom. The molecule has 3 heterocycles. The van der Waals surface area contributed by atoms with E-state index in [1.165, 1.54) is 16.5 Å². The molecule has 2 aromatic carbocycles. The van der Waals surface area contributed by atoms with Crippen LogP contribution in [0.3, 0.4) is 0 Å². The number of H-pyrrole nitrogens is 1. The van der Waals surface area contributed by atoms with E-state index in [9.17, 15) is 0 Å². The van der Waals surface area contributed by atoms with E-state index in [0.717, 1.165) is 41.6 Å². The Balaban J connectivity index is 1.44. The molecule has 136 valence electrons. The highest BCUT2D eigenvalue weighted by Gasteiger charge is 2.10. The predicted octanol–water partition coefficient (Wildman–Crippen LogP) is 5.35. The zero-order chi connectivity index (χ0) is 18.8. The Labute approximate surface area is 163 Å². The third kappa shape index (κ3) is 3.14. The van der Waals surface area contributed by atoms with Crippen molar-refractivity contribution in [1.29, 1.82) is 0 Å². The predicted molar refractivity (Wildman–Crippen MR) is 113 cm³/mol. The molecule has 0 amide bonds. The number of benzene rings is 2. The molecule has 0 bridgehead atoms. The van der Waals surface area contributed by atoms with Crippen molar-refractivity contribution in [3.05, 3.63) is 90.4 Å². The average molecular weight is 364 g/mol. The number of nitrogens with zero attached hydrogens (tertiary/aromatic N) is 3. The van der Waals surface area contributed by atoms with Crippen LogP contribution in [0.5, 0.6) is 0 Å². The minimum absolute atomic E-state index is 0.696. The van der Waals surface area contributed by atoms with Crippen LogP contribution in [0.2, 0.25) is 0 Å². The second kappa shape index (κ2) is 7.24. The fraction of sp³-hybridized carbons (Fsp3) is 0.125. The third-order valence-corrected chi connectivity index (χ3v) is 5.11. The molecule has 28 heavy (non-hydrogen) atoms. The van der Waals surface area contributed by atoms with E-state index in [4.69, 9.17) is 9.97 Å². The van der Waals surface area contributed by atoms with Crippen molar-refractivity contribution in [2.24, 2.45) is 0 Å². The van der Waals surface area contributed by atoms with Gasteiger partial charge in [0.05, 0.1) is 11.2 Å². The van der Waals surface area contributed by atoms with E-state index in [0.29, 0.717) is 5.82 Å². The molecular weight excluding hydrogens is 344 g/mol. The number of fused-ring (bicyclic) bond motifs is 2. The van der Waals surface area contributed by atoms with Gasteiger partial charge >= 0.3 is 0 Å². The van der Waals surface area contributed by atoms with Gasteiger partial charge in [-0.05, 0) is 49.1 Å². The van der Waals surface area contributed by atoms with Crippen molar-refractivity contribution in [3.63, 3.8) is 0 Å². The molecule has 0 atom stereocenters. The Bertz CT molecular complexity index is 1240. The number of rotatable bonds is 5. The normalized spacial score (nSPS) is 11.3. The molecule has 0 aliphatic carbocycles. The Hall–Kier alpha value is -3.53. The maximum Gasteiger partial charge on any atom is 0.178 e. The molecule has 0 aliphatic rings. The van der Waals surface area contributed by atoms with E-state index >= 15 is 0 Å². The monoisotopic (exact) mass is 364 g/mol. The standard InChI is InChI=1S/C24H20N4/c1-3-11-20-18(9-1)17(16-26-20)8-7-14-22-19-10-2-4-12-21(19)27-24(28-22)23-13-5-6-15-25-23/h1-6,9-13,15-16,26H,7-8,14H2. The lowest BCUT2D eigenvalue weighted by molar-refractivity contribution is 0.807. The first-order valence-electron chi connectivity index (χ1n) is 9.60. The number of hydrogen-bond donors (Lipinski definition) is 1. The summed E-state index contributed by atoms with van der Waals surface area (Å²) in [5, 5.41) is 2.44. The van der Waals surface area contributed by atoms with Gasteiger partial charge in [-0.3, -0.25) is 4.98 Å². The molecule has 0 unspecified atom stereocenters. The van der Waals surface area contributed by atoms with Crippen LogP contribution >= 0.6 is 0 Å². The lowest BCUT2D eigenvalue weighted by Gasteiger charge is -2.08. The van der Waals surface area contributed by atoms with Crippen LogP contribution in [0.1, 0.15) is 17.7 Å². The SMILES string of the molecule is c1ccc(-c2nc(CCCc3c[nH]c4ccccc34)c3ccccc3n2)nc1. The van der Waals surface area contributed by atoms with Gasteiger partial charge < -0.3 is 4.98 Å². The van der Waals surface area contributed by atoms with Gasteiger partial charge in [0, 0.05) is 28.7 Å². The van der Waals surface area contributed by atoms with E-state index in [2.05, 4.69) is 52.6 Å². The second-order valence-electron chi connectivity index (χ2n) is 6.94. The molecular formula is C24H20N4. The quantitative estimate of drug-likeness (QED) is 0.457. The molecule has 0 aliphatic heterocycles. The van der Waals surface area contributed by atoms with Crippen molar-refractivity contribution in [1.82, 2.24) is 19.9 Å². The van der Waals surface area contributed by atoms with Gasteiger partial charge in [-0.1, -0.05) is 42.5 Å². The van der Waals surface area contributed by atoms with Gasteiger partial charge in [0.15, 0.2) is 5.82 Å². The first kappa shape index (κ1) is 16.6. The second-order valence-corrected chi connectivity index (χ2v) is 6.94. The summed E-state index contributed by atoms with van der Waals surface area (Å²) in [5.74, 6) is 0.696. The van der Waals surface area contributed by atoms with Gasteiger partial charge in [0.2, 0.25) is 0 Å². The summed E-state index contributed by atoms with van der Waals surface area (Å²) in [5.41, 5.74) is 5.43. The maximum absolute atomic E-state index is 4.87. The Morgan fingerprint density at radius 1 is 0.750 bits per heavy atom. The first-order valence-corrected chi connectivity index (χ1v) is 9.60. The fourth-order valence-electron chi connectivity index (χ4n) is 3.73. The van der Waals surface area contributed by atoms with E-state index < -0.39 is 0 Å². The molecule has 1 N–H and O–H groups in total. The van der Waals surface area contributed by atoms with E-state index in [1.54, 1.807) is 6.20 Å². The number of pyridine rings is 1. The van der Waals surface area contributed by atoms with E-state index in [1.807, 2.05) is 30.3 Å². The van der Waals surface area contributed by atoms with Crippen LogP contribution in [-0.4, -0.2) is 19.9 Å². The minimum atomic E-state index is 0.696. The summed E-state index contributed by atoms with van der Waals surface area (Å²) in [6.07, 6.45) is 6.86. The number of aromatic nitrogens is 4. The van der Waals surface area contributed by atoms with Gasteiger partial charge in [-0.2, -0.15) is 0 Å². The number of aryl methyl sites for hydroxylation is 2.